The maximum atomic E-state index is 5.15. The highest BCUT2D eigenvalue weighted by Gasteiger charge is 2.23. The van der Waals surface area contributed by atoms with Crippen molar-refractivity contribution in [3.63, 3.8) is 0 Å². The molecular weight excluding hydrogens is 490 g/mol. The van der Waals surface area contributed by atoms with Crippen molar-refractivity contribution in [3.8, 4) is 11.1 Å². The van der Waals surface area contributed by atoms with Gasteiger partial charge in [0.1, 0.15) is 17.8 Å². The second kappa shape index (κ2) is 10.6. The van der Waals surface area contributed by atoms with E-state index in [1.165, 1.54) is 27.5 Å². The first-order valence-electron chi connectivity index (χ1n) is 13.6. The number of amidine groups is 2. The van der Waals surface area contributed by atoms with Crippen LogP contribution in [0.25, 0.3) is 21.9 Å². The highest BCUT2D eigenvalue weighted by atomic mass is 15.2. The van der Waals surface area contributed by atoms with Crippen molar-refractivity contribution in [1.82, 2.24) is 16.0 Å². The maximum absolute atomic E-state index is 5.15. The predicted molar refractivity (Wildman–Crippen MR) is 164 cm³/mol. The van der Waals surface area contributed by atoms with Crippen LogP contribution in [0.1, 0.15) is 34.6 Å². The summed E-state index contributed by atoms with van der Waals surface area (Å²) in [5, 5.41) is 12.7. The largest absolute Gasteiger partial charge is 0.372 e. The summed E-state index contributed by atoms with van der Waals surface area (Å²) < 4.78 is 0. The smallest absolute Gasteiger partial charge is 0.170 e. The SMILES string of the molecule is C1=CNC(c2ccc(-c3cccc4cccc(C5N=C(c6ccccc6)NC(c6ccccc6)=N5)c34)cc2)NC1. The molecule has 2 aliphatic rings. The van der Waals surface area contributed by atoms with Gasteiger partial charge in [-0.15, -0.1) is 0 Å². The molecule has 40 heavy (non-hydrogen) atoms. The fourth-order valence-corrected chi connectivity index (χ4v) is 5.44. The Labute approximate surface area is 234 Å². The van der Waals surface area contributed by atoms with Gasteiger partial charge in [-0.05, 0) is 33.7 Å². The van der Waals surface area contributed by atoms with Gasteiger partial charge in [0.25, 0.3) is 0 Å². The standard InChI is InChI=1S/C35H29N5/c1-3-10-26(11-4-1)33-38-34(27-12-5-2-6-13-27)40-35(39-33)30-17-8-15-25-14-7-16-29(31(25)30)24-18-20-28(21-19-24)32-36-22-9-23-37-32/h1-22,32,35-37H,23H2,(H,38,39,40). The number of rotatable bonds is 5. The van der Waals surface area contributed by atoms with Gasteiger partial charge in [0, 0.05) is 23.2 Å². The van der Waals surface area contributed by atoms with E-state index in [2.05, 4.69) is 107 Å². The lowest BCUT2D eigenvalue weighted by Crippen LogP contribution is -2.36. The van der Waals surface area contributed by atoms with Gasteiger partial charge in [-0.25, -0.2) is 9.98 Å². The number of benzene rings is 5. The normalized spacial score (nSPS) is 17.1. The molecule has 0 aromatic heterocycles. The van der Waals surface area contributed by atoms with Crippen molar-refractivity contribution in [3.05, 3.63) is 156 Å². The van der Waals surface area contributed by atoms with Crippen LogP contribution in [-0.2, 0) is 0 Å². The van der Waals surface area contributed by atoms with Gasteiger partial charge in [-0.1, -0.05) is 127 Å². The van der Waals surface area contributed by atoms with Crippen molar-refractivity contribution in [1.29, 1.82) is 0 Å². The molecule has 3 N–H and O–H groups in total. The molecule has 0 bridgehead atoms. The molecule has 7 rings (SSSR count). The Morgan fingerprint density at radius 3 is 1.88 bits per heavy atom. The van der Waals surface area contributed by atoms with Crippen LogP contribution in [0.4, 0.5) is 0 Å². The van der Waals surface area contributed by atoms with E-state index in [-0.39, 0.29) is 6.17 Å². The van der Waals surface area contributed by atoms with E-state index in [0.717, 1.165) is 34.9 Å². The predicted octanol–water partition coefficient (Wildman–Crippen LogP) is 6.71. The maximum Gasteiger partial charge on any atom is 0.170 e. The Hall–Kier alpha value is -5.00. The summed E-state index contributed by atoms with van der Waals surface area (Å²) >= 11 is 0. The van der Waals surface area contributed by atoms with E-state index in [4.69, 9.17) is 9.98 Å². The first kappa shape index (κ1) is 24.1. The summed E-state index contributed by atoms with van der Waals surface area (Å²) in [6, 6.07) is 42.3. The van der Waals surface area contributed by atoms with Crippen LogP contribution in [0.15, 0.2) is 144 Å². The average molecular weight is 520 g/mol. The van der Waals surface area contributed by atoms with Crippen molar-refractivity contribution in [2.75, 3.05) is 6.54 Å². The Bertz CT molecular complexity index is 1680. The lowest BCUT2D eigenvalue weighted by Gasteiger charge is -2.24. The fourth-order valence-electron chi connectivity index (χ4n) is 5.44. The molecule has 2 heterocycles. The Kier molecular flexibility index (Phi) is 6.40. The summed E-state index contributed by atoms with van der Waals surface area (Å²) in [4.78, 5) is 10.3. The highest BCUT2D eigenvalue weighted by Crippen LogP contribution is 2.37. The molecule has 1 unspecified atom stereocenters. The van der Waals surface area contributed by atoms with E-state index in [0.29, 0.717) is 0 Å². The fraction of sp³-hybridized carbons (Fsp3) is 0.0857. The molecule has 5 aromatic rings. The third-order valence-corrected chi connectivity index (χ3v) is 7.42. The van der Waals surface area contributed by atoms with Gasteiger partial charge >= 0.3 is 0 Å². The number of nitrogens with zero attached hydrogens (tertiary/aromatic N) is 2. The summed E-state index contributed by atoms with van der Waals surface area (Å²) in [6.45, 7) is 0.860. The Morgan fingerprint density at radius 2 is 1.25 bits per heavy atom. The number of hydrogen-bond acceptors (Lipinski definition) is 5. The van der Waals surface area contributed by atoms with E-state index >= 15 is 0 Å². The molecule has 0 amide bonds. The van der Waals surface area contributed by atoms with E-state index in [1.807, 2.05) is 42.6 Å². The van der Waals surface area contributed by atoms with Crippen LogP contribution in [-0.4, -0.2) is 18.2 Å². The number of aliphatic imine (C=N–C) groups is 2. The van der Waals surface area contributed by atoms with E-state index in [9.17, 15) is 0 Å². The highest BCUT2D eigenvalue weighted by molar-refractivity contribution is 6.16. The minimum Gasteiger partial charge on any atom is -0.372 e. The van der Waals surface area contributed by atoms with Gasteiger partial charge in [0.05, 0.1) is 0 Å². The van der Waals surface area contributed by atoms with E-state index < -0.39 is 6.17 Å². The molecular formula is C35H29N5. The third kappa shape index (κ3) is 4.68. The summed E-state index contributed by atoms with van der Waals surface area (Å²) in [5.41, 5.74) is 6.71. The zero-order valence-electron chi connectivity index (χ0n) is 22.0. The van der Waals surface area contributed by atoms with Gasteiger partial charge in [-0.2, -0.15) is 0 Å². The lowest BCUT2D eigenvalue weighted by atomic mass is 9.92. The minimum atomic E-state index is -0.391. The molecule has 5 heteroatoms. The molecule has 0 saturated heterocycles. The van der Waals surface area contributed by atoms with E-state index in [1.54, 1.807) is 0 Å². The molecule has 5 aromatic carbocycles. The van der Waals surface area contributed by atoms with Gasteiger partial charge in [-0.3, -0.25) is 5.32 Å². The summed E-state index contributed by atoms with van der Waals surface area (Å²) in [5.74, 6) is 1.64. The molecule has 0 aliphatic carbocycles. The van der Waals surface area contributed by atoms with Gasteiger partial charge < -0.3 is 10.6 Å². The van der Waals surface area contributed by atoms with Crippen LogP contribution >= 0.6 is 0 Å². The molecule has 0 fully saturated rings. The zero-order chi connectivity index (χ0) is 26.7. The first-order valence-corrected chi connectivity index (χ1v) is 13.6. The second-order valence-corrected chi connectivity index (χ2v) is 9.97. The summed E-state index contributed by atoms with van der Waals surface area (Å²) in [7, 11) is 0. The van der Waals surface area contributed by atoms with Gasteiger partial charge in [0.2, 0.25) is 0 Å². The molecule has 2 aliphatic heterocycles. The average Bonchev–Trinajstić information content (AvgIpc) is 3.05. The zero-order valence-corrected chi connectivity index (χ0v) is 22.0. The topological polar surface area (TPSA) is 60.8 Å². The first-order chi connectivity index (χ1) is 19.8. The Balaban J connectivity index is 1.35. The monoisotopic (exact) mass is 519 g/mol. The number of hydrogen-bond donors (Lipinski definition) is 3. The summed E-state index contributed by atoms with van der Waals surface area (Å²) in [6.07, 6.45) is 3.83. The molecule has 5 nitrogen and oxygen atoms in total. The van der Waals surface area contributed by atoms with Crippen molar-refractivity contribution < 1.29 is 0 Å². The second-order valence-electron chi connectivity index (χ2n) is 9.97. The van der Waals surface area contributed by atoms with Crippen LogP contribution in [0.2, 0.25) is 0 Å². The van der Waals surface area contributed by atoms with Crippen molar-refractivity contribution in [2.24, 2.45) is 9.98 Å². The Morgan fingerprint density at radius 1 is 0.600 bits per heavy atom. The number of nitrogens with one attached hydrogen (secondary N) is 3. The molecule has 0 saturated carbocycles. The van der Waals surface area contributed by atoms with Gasteiger partial charge in [0.15, 0.2) is 6.17 Å². The van der Waals surface area contributed by atoms with Crippen molar-refractivity contribution >= 4 is 22.4 Å². The van der Waals surface area contributed by atoms with Crippen LogP contribution in [0.5, 0.6) is 0 Å². The third-order valence-electron chi connectivity index (χ3n) is 7.42. The lowest BCUT2D eigenvalue weighted by molar-refractivity contribution is 0.498. The van der Waals surface area contributed by atoms with Crippen LogP contribution in [0.3, 0.4) is 0 Å². The molecule has 0 spiro atoms. The molecule has 1 atom stereocenters. The quantitative estimate of drug-likeness (QED) is 0.242. The number of fused-ring (bicyclic) bond motifs is 1. The minimum absolute atomic E-state index is 0.119. The van der Waals surface area contributed by atoms with Crippen LogP contribution < -0.4 is 16.0 Å². The molecule has 0 radical (unpaired) electrons. The van der Waals surface area contributed by atoms with Crippen molar-refractivity contribution in [2.45, 2.75) is 12.3 Å². The van der Waals surface area contributed by atoms with Crippen LogP contribution in [0, 0.1) is 0 Å². The molecule has 194 valence electrons.